The van der Waals surface area contributed by atoms with Gasteiger partial charge in [-0.1, -0.05) is 26.0 Å². The van der Waals surface area contributed by atoms with Crippen LogP contribution in [0.1, 0.15) is 19.4 Å². The molecular weight excluding hydrogens is 214 g/mol. The minimum atomic E-state index is 0.608. The molecule has 0 radical (unpaired) electrons. The summed E-state index contributed by atoms with van der Waals surface area (Å²) in [6.45, 7) is 7.68. The van der Waals surface area contributed by atoms with Crippen molar-refractivity contribution in [2.75, 3.05) is 26.9 Å². The van der Waals surface area contributed by atoms with Crippen molar-refractivity contribution in [3.8, 4) is 5.75 Å². The van der Waals surface area contributed by atoms with Crippen molar-refractivity contribution in [2.45, 2.75) is 20.4 Å². The largest absolute Gasteiger partial charge is 0.497 e. The Morgan fingerprint density at radius 2 is 1.88 bits per heavy atom. The van der Waals surface area contributed by atoms with Gasteiger partial charge in [0.05, 0.1) is 13.7 Å². The van der Waals surface area contributed by atoms with E-state index < -0.39 is 0 Å². The van der Waals surface area contributed by atoms with Crippen molar-refractivity contribution < 1.29 is 9.47 Å². The van der Waals surface area contributed by atoms with Gasteiger partial charge in [0.1, 0.15) is 5.75 Å². The average Bonchev–Trinajstić information content (AvgIpc) is 2.34. The fraction of sp³-hybridized carbons (Fsp3) is 0.571. The molecule has 0 amide bonds. The Labute approximate surface area is 104 Å². The van der Waals surface area contributed by atoms with E-state index in [0.29, 0.717) is 5.92 Å². The van der Waals surface area contributed by atoms with E-state index in [2.05, 4.69) is 31.3 Å². The van der Waals surface area contributed by atoms with Crippen LogP contribution in [0.25, 0.3) is 0 Å². The van der Waals surface area contributed by atoms with E-state index in [9.17, 15) is 0 Å². The quantitative estimate of drug-likeness (QED) is 0.704. The molecule has 0 aromatic heterocycles. The lowest BCUT2D eigenvalue weighted by molar-refractivity contribution is 0.111. The van der Waals surface area contributed by atoms with Crippen molar-refractivity contribution in [1.29, 1.82) is 0 Å². The second-order valence-electron chi connectivity index (χ2n) is 4.49. The standard InChI is InChI=1S/C14H23NO2/c1-12(2)11-17-9-8-15-10-13-4-6-14(16-3)7-5-13/h4-7,12,15H,8-11H2,1-3H3. The lowest BCUT2D eigenvalue weighted by Gasteiger charge is -2.08. The Bertz CT molecular complexity index is 296. The van der Waals surface area contributed by atoms with E-state index in [0.717, 1.165) is 32.1 Å². The zero-order valence-corrected chi connectivity index (χ0v) is 11.0. The van der Waals surface area contributed by atoms with E-state index in [1.807, 2.05) is 12.1 Å². The highest BCUT2D eigenvalue weighted by atomic mass is 16.5. The Kier molecular flexibility index (Phi) is 6.67. The summed E-state index contributed by atoms with van der Waals surface area (Å²) < 4.78 is 10.6. The number of ether oxygens (including phenoxy) is 2. The van der Waals surface area contributed by atoms with Crippen molar-refractivity contribution in [1.82, 2.24) is 5.32 Å². The number of rotatable bonds is 8. The maximum absolute atomic E-state index is 5.49. The number of hydrogen-bond acceptors (Lipinski definition) is 3. The fourth-order valence-corrected chi connectivity index (χ4v) is 1.44. The molecule has 1 N–H and O–H groups in total. The smallest absolute Gasteiger partial charge is 0.118 e. The van der Waals surface area contributed by atoms with E-state index in [4.69, 9.17) is 9.47 Å². The molecule has 0 unspecified atom stereocenters. The molecule has 96 valence electrons. The summed E-state index contributed by atoms with van der Waals surface area (Å²) in [5.41, 5.74) is 1.26. The summed E-state index contributed by atoms with van der Waals surface area (Å²) in [5, 5.41) is 3.35. The number of methoxy groups -OCH3 is 1. The molecular formula is C14H23NO2. The number of hydrogen-bond donors (Lipinski definition) is 1. The van der Waals surface area contributed by atoms with Gasteiger partial charge in [0, 0.05) is 19.7 Å². The van der Waals surface area contributed by atoms with E-state index in [1.54, 1.807) is 7.11 Å². The Hall–Kier alpha value is -1.06. The van der Waals surface area contributed by atoms with Crippen LogP contribution < -0.4 is 10.1 Å². The maximum atomic E-state index is 5.49. The molecule has 0 saturated heterocycles. The molecule has 0 heterocycles. The molecule has 0 fully saturated rings. The van der Waals surface area contributed by atoms with Gasteiger partial charge in [-0.3, -0.25) is 0 Å². The highest BCUT2D eigenvalue weighted by Gasteiger charge is 1.95. The summed E-state index contributed by atoms with van der Waals surface area (Å²) in [7, 11) is 1.68. The lowest BCUT2D eigenvalue weighted by atomic mass is 10.2. The summed E-state index contributed by atoms with van der Waals surface area (Å²) in [6, 6.07) is 8.10. The first kappa shape index (κ1) is 14.0. The van der Waals surface area contributed by atoms with Crippen LogP contribution in [-0.4, -0.2) is 26.9 Å². The van der Waals surface area contributed by atoms with Gasteiger partial charge in [0.15, 0.2) is 0 Å². The van der Waals surface area contributed by atoms with Crippen molar-refractivity contribution in [3.63, 3.8) is 0 Å². The molecule has 1 aromatic carbocycles. The molecule has 0 spiro atoms. The molecule has 17 heavy (non-hydrogen) atoms. The maximum Gasteiger partial charge on any atom is 0.118 e. The van der Waals surface area contributed by atoms with E-state index >= 15 is 0 Å². The molecule has 1 rings (SSSR count). The Balaban J connectivity index is 2.09. The minimum Gasteiger partial charge on any atom is -0.497 e. The average molecular weight is 237 g/mol. The first-order valence-corrected chi connectivity index (χ1v) is 6.13. The van der Waals surface area contributed by atoms with Crippen LogP contribution >= 0.6 is 0 Å². The summed E-state index contributed by atoms with van der Waals surface area (Å²) >= 11 is 0. The molecule has 0 atom stereocenters. The number of nitrogens with one attached hydrogen (secondary N) is 1. The Morgan fingerprint density at radius 1 is 1.18 bits per heavy atom. The van der Waals surface area contributed by atoms with Gasteiger partial charge in [-0.15, -0.1) is 0 Å². The van der Waals surface area contributed by atoms with E-state index in [-0.39, 0.29) is 0 Å². The molecule has 0 saturated carbocycles. The SMILES string of the molecule is COc1ccc(CNCCOCC(C)C)cc1. The summed E-state index contributed by atoms with van der Waals surface area (Å²) in [5.74, 6) is 1.51. The third kappa shape index (κ3) is 6.29. The van der Waals surface area contributed by atoms with Gasteiger partial charge < -0.3 is 14.8 Å². The number of benzene rings is 1. The lowest BCUT2D eigenvalue weighted by Crippen LogP contribution is -2.20. The van der Waals surface area contributed by atoms with Crippen LogP contribution in [0, 0.1) is 5.92 Å². The van der Waals surface area contributed by atoms with Gasteiger partial charge in [0.25, 0.3) is 0 Å². The highest BCUT2D eigenvalue weighted by molar-refractivity contribution is 5.26. The summed E-state index contributed by atoms with van der Waals surface area (Å²) in [4.78, 5) is 0. The van der Waals surface area contributed by atoms with Crippen LogP contribution in [0.3, 0.4) is 0 Å². The van der Waals surface area contributed by atoms with Gasteiger partial charge in [-0.2, -0.15) is 0 Å². The second kappa shape index (κ2) is 8.09. The minimum absolute atomic E-state index is 0.608. The molecule has 0 aliphatic rings. The predicted molar refractivity (Wildman–Crippen MR) is 70.4 cm³/mol. The van der Waals surface area contributed by atoms with Crippen molar-refractivity contribution >= 4 is 0 Å². The van der Waals surface area contributed by atoms with Crippen LogP contribution in [0.2, 0.25) is 0 Å². The summed E-state index contributed by atoms with van der Waals surface area (Å²) in [6.07, 6.45) is 0. The second-order valence-corrected chi connectivity index (χ2v) is 4.49. The molecule has 3 heteroatoms. The normalized spacial score (nSPS) is 10.8. The monoisotopic (exact) mass is 237 g/mol. The van der Waals surface area contributed by atoms with Crippen LogP contribution in [-0.2, 0) is 11.3 Å². The van der Waals surface area contributed by atoms with E-state index in [1.165, 1.54) is 5.56 Å². The fourth-order valence-electron chi connectivity index (χ4n) is 1.44. The van der Waals surface area contributed by atoms with Crippen molar-refractivity contribution in [3.05, 3.63) is 29.8 Å². The zero-order valence-electron chi connectivity index (χ0n) is 11.0. The van der Waals surface area contributed by atoms with Gasteiger partial charge >= 0.3 is 0 Å². The van der Waals surface area contributed by atoms with Crippen LogP contribution in [0.15, 0.2) is 24.3 Å². The van der Waals surface area contributed by atoms with Gasteiger partial charge in [0.2, 0.25) is 0 Å². The third-order valence-corrected chi connectivity index (χ3v) is 2.36. The predicted octanol–water partition coefficient (Wildman–Crippen LogP) is 2.46. The topological polar surface area (TPSA) is 30.5 Å². The first-order valence-electron chi connectivity index (χ1n) is 6.13. The molecule has 1 aromatic rings. The van der Waals surface area contributed by atoms with Gasteiger partial charge in [-0.05, 0) is 23.6 Å². The molecule has 0 bridgehead atoms. The third-order valence-electron chi connectivity index (χ3n) is 2.36. The Morgan fingerprint density at radius 3 is 2.47 bits per heavy atom. The highest BCUT2D eigenvalue weighted by Crippen LogP contribution is 2.10. The van der Waals surface area contributed by atoms with Crippen LogP contribution in [0.4, 0.5) is 0 Å². The van der Waals surface area contributed by atoms with Gasteiger partial charge in [-0.25, -0.2) is 0 Å². The van der Waals surface area contributed by atoms with Crippen LogP contribution in [0.5, 0.6) is 5.75 Å². The molecule has 0 aliphatic heterocycles. The zero-order chi connectivity index (χ0) is 12.5. The molecule has 3 nitrogen and oxygen atoms in total. The van der Waals surface area contributed by atoms with Crippen molar-refractivity contribution in [2.24, 2.45) is 5.92 Å². The first-order chi connectivity index (χ1) is 8.22. The molecule has 0 aliphatic carbocycles.